The number of halogens is 2. The van der Waals surface area contributed by atoms with Gasteiger partial charge in [-0.25, -0.2) is 0 Å². The molecule has 1 fully saturated rings. The summed E-state index contributed by atoms with van der Waals surface area (Å²) in [6, 6.07) is 12.7. The van der Waals surface area contributed by atoms with Gasteiger partial charge >= 0.3 is 0 Å². The predicted octanol–water partition coefficient (Wildman–Crippen LogP) is 3.69. The van der Waals surface area contributed by atoms with E-state index in [9.17, 15) is 9.00 Å². The third-order valence-electron chi connectivity index (χ3n) is 4.52. The summed E-state index contributed by atoms with van der Waals surface area (Å²) >= 11 is 12.3. The van der Waals surface area contributed by atoms with Crippen molar-refractivity contribution in [1.82, 2.24) is 9.80 Å². The molecule has 1 aliphatic rings. The molecule has 4 nitrogen and oxygen atoms in total. The van der Waals surface area contributed by atoms with E-state index < -0.39 is 10.8 Å². The van der Waals surface area contributed by atoms with E-state index in [2.05, 4.69) is 4.90 Å². The van der Waals surface area contributed by atoms with E-state index in [-0.39, 0.29) is 5.91 Å². The highest BCUT2D eigenvalue weighted by Crippen LogP contribution is 2.26. The van der Waals surface area contributed by atoms with E-state index in [0.29, 0.717) is 28.7 Å². The van der Waals surface area contributed by atoms with Gasteiger partial charge in [-0.1, -0.05) is 35.3 Å². The molecular formula is C19H20Cl2N2O2S. The number of hydrogen-bond donors (Lipinski definition) is 0. The summed E-state index contributed by atoms with van der Waals surface area (Å²) in [6.07, 6.45) is 1.63. The van der Waals surface area contributed by atoms with Gasteiger partial charge in [0, 0.05) is 60.2 Å². The Balaban J connectivity index is 1.58. The highest BCUT2D eigenvalue weighted by Gasteiger charge is 2.22. The Morgan fingerprint density at radius 3 is 2.31 bits per heavy atom. The van der Waals surface area contributed by atoms with E-state index in [1.165, 1.54) is 0 Å². The van der Waals surface area contributed by atoms with Crippen LogP contribution in [0.4, 0.5) is 0 Å². The van der Waals surface area contributed by atoms with Gasteiger partial charge in [-0.2, -0.15) is 0 Å². The van der Waals surface area contributed by atoms with Crippen molar-refractivity contribution in [3.05, 3.63) is 63.6 Å². The molecule has 0 radical (unpaired) electrons. The van der Waals surface area contributed by atoms with E-state index in [1.54, 1.807) is 36.6 Å². The average molecular weight is 411 g/mol. The van der Waals surface area contributed by atoms with Gasteiger partial charge in [0.1, 0.15) is 0 Å². The minimum atomic E-state index is -1.03. The first-order valence-electron chi connectivity index (χ1n) is 8.33. The summed E-state index contributed by atoms with van der Waals surface area (Å²) in [4.78, 5) is 17.5. The number of hydrogen-bond acceptors (Lipinski definition) is 3. The molecule has 138 valence electrons. The molecule has 0 N–H and O–H groups in total. The Morgan fingerprint density at radius 2 is 1.69 bits per heavy atom. The topological polar surface area (TPSA) is 40.6 Å². The van der Waals surface area contributed by atoms with Crippen LogP contribution in [0.3, 0.4) is 0 Å². The number of carbonyl (C=O) groups is 1. The van der Waals surface area contributed by atoms with Crippen LogP contribution in [0.1, 0.15) is 15.9 Å². The van der Waals surface area contributed by atoms with Crippen LogP contribution in [-0.2, 0) is 17.3 Å². The van der Waals surface area contributed by atoms with Crippen LogP contribution in [0.15, 0.2) is 47.4 Å². The van der Waals surface area contributed by atoms with Gasteiger partial charge in [-0.15, -0.1) is 0 Å². The van der Waals surface area contributed by atoms with Crippen LogP contribution in [0.5, 0.6) is 0 Å². The van der Waals surface area contributed by atoms with Crippen LogP contribution >= 0.6 is 23.2 Å². The molecule has 0 aromatic heterocycles. The summed E-state index contributed by atoms with van der Waals surface area (Å²) < 4.78 is 11.5. The van der Waals surface area contributed by atoms with Crippen molar-refractivity contribution in [2.75, 3.05) is 32.4 Å². The fourth-order valence-corrected chi connectivity index (χ4v) is 3.89. The number of nitrogens with zero attached hydrogens (tertiary/aromatic N) is 2. The SMILES string of the molecule is CS(=O)c1ccc(C(=O)N2CCN(Cc3cccc(Cl)c3Cl)CC2)cc1. The predicted molar refractivity (Wildman–Crippen MR) is 106 cm³/mol. The number of carbonyl (C=O) groups excluding carboxylic acids is 1. The van der Waals surface area contributed by atoms with Gasteiger partial charge in [0.15, 0.2) is 0 Å². The van der Waals surface area contributed by atoms with Gasteiger partial charge in [-0.3, -0.25) is 13.9 Å². The van der Waals surface area contributed by atoms with E-state index in [1.807, 2.05) is 17.0 Å². The Labute approximate surface area is 166 Å². The Bertz CT molecular complexity index is 819. The first-order valence-corrected chi connectivity index (χ1v) is 10.6. The maximum atomic E-state index is 12.6. The first kappa shape index (κ1) is 19.4. The molecule has 1 aliphatic heterocycles. The largest absolute Gasteiger partial charge is 0.336 e. The van der Waals surface area contributed by atoms with Crippen molar-refractivity contribution in [2.45, 2.75) is 11.4 Å². The molecule has 2 aromatic rings. The van der Waals surface area contributed by atoms with Crippen molar-refractivity contribution in [2.24, 2.45) is 0 Å². The lowest BCUT2D eigenvalue weighted by molar-refractivity contribution is 0.0628. The second-order valence-corrected chi connectivity index (χ2v) is 8.42. The zero-order valence-corrected chi connectivity index (χ0v) is 16.8. The fourth-order valence-electron chi connectivity index (χ4n) is 2.99. The summed E-state index contributed by atoms with van der Waals surface area (Å²) in [6.45, 7) is 3.62. The Kier molecular flexibility index (Phi) is 6.35. The summed E-state index contributed by atoms with van der Waals surface area (Å²) in [7, 11) is -1.03. The third kappa shape index (κ3) is 4.46. The summed E-state index contributed by atoms with van der Waals surface area (Å²) in [5.41, 5.74) is 1.63. The zero-order chi connectivity index (χ0) is 18.7. The maximum absolute atomic E-state index is 12.6. The first-order chi connectivity index (χ1) is 12.5. The van der Waals surface area contributed by atoms with E-state index >= 15 is 0 Å². The Hall–Kier alpha value is -1.40. The number of benzene rings is 2. The van der Waals surface area contributed by atoms with Gasteiger partial charge in [0.2, 0.25) is 0 Å². The van der Waals surface area contributed by atoms with Crippen LogP contribution in [0.25, 0.3) is 0 Å². The smallest absolute Gasteiger partial charge is 0.253 e. The van der Waals surface area contributed by atoms with Gasteiger partial charge in [0.25, 0.3) is 5.91 Å². The number of rotatable bonds is 4. The van der Waals surface area contributed by atoms with Crippen LogP contribution in [0, 0.1) is 0 Å². The van der Waals surface area contributed by atoms with Crippen molar-refractivity contribution in [1.29, 1.82) is 0 Å². The lowest BCUT2D eigenvalue weighted by Crippen LogP contribution is -2.48. The van der Waals surface area contributed by atoms with Gasteiger partial charge in [0.05, 0.1) is 10.0 Å². The minimum Gasteiger partial charge on any atom is -0.336 e. The monoisotopic (exact) mass is 410 g/mol. The van der Waals surface area contributed by atoms with Crippen LogP contribution < -0.4 is 0 Å². The molecule has 1 heterocycles. The molecule has 2 aromatic carbocycles. The molecule has 0 bridgehead atoms. The molecule has 1 atom stereocenters. The van der Waals surface area contributed by atoms with Gasteiger partial charge < -0.3 is 4.90 Å². The Morgan fingerprint density at radius 1 is 1.04 bits per heavy atom. The minimum absolute atomic E-state index is 0.0128. The van der Waals surface area contributed by atoms with Crippen molar-refractivity contribution in [3.63, 3.8) is 0 Å². The second kappa shape index (κ2) is 8.53. The normalized spacial score (nSPS) is 16.5. The van der Waals surface area contributed by atoms with Crippen molar-refractivity contribution < 1.29 is 9.00 Å². The van der Waals surface area contributed by atoms with E-state index in [0.717, 1.165) is 30.1 Å². The average Bonchev–Trinajstić information content (AvgIpc) is 2.65. The summed E-state index contributed by atoms with van der Waals surface area (Å²) in [5.74, 6) is 0.0128. The number of amides is 1. The molecule has 0 saturated carbocycles. The fraction of sp³-hybridized carbons (Fsp3) is 0.316. The standard InChI is InChI=1S/C19H20Cl2N2O2S/c1-26(25)16-7-5-14(6-8-16)19(24)23-11-9-22(10-12-23)13-15-3-2-4-17(20)18(15)21/h2-8H,9-13H2,1H3. The molecule has 0 spiro atoms. The second-order valence-electron chi connectivity index (χ2n) is 6.26. The van der Waals surface area contributed by atoms with Crippen LogP contribution in [-0.4, -0.2) is 52.4 Å². The summed E-state index contributed by atoms with van der Waals surface area (Å²) in [5, 5.41) is 1.16. The zero-order valence-electron chi connectivity index (χ0n) is 14.5. The molecule has 0 aliphatic carbocycles. The molecule has 1 unspecified atom stereocenters. The highest BCUT2D eigenvalue weighted by atomic mass is 35.5. The molecule has 7 heteroatoms. The third-order valence-corrected chi connectivity index (χ3v) is 6.31. The number of piperazine rings is 1. The van der Waals surface area contributed by atoms with Crippen molar-refractivity contribution >= 4 is 39.9 Å². The highest BCUT2D eigenvalue weighted by molar-refractivity contribution is 7.84. The molecular weight excluding hydrogens is 391 g/mol. The van der Waals surface area contributed by atoms with Crippen molar-refractivity contribution in [3.8, 4) is 0 Å². The maximum Gasteiger partial charge on any atom is 0.253 e. The molecule has 1 saturated heterocycles. The lowest BCUT2D eigenvalue weighted by atomic mass is 10.1. The van der Waals surface area contributed by atoms with Gasteiger partial charge in [-0.05, 0) is 35.9 Å². The molecule has 26 heavy (non-hydrogen) atoms. The van der Waals surface area contributed by atoms with Crippen LogP contribution in [0.2, 0.25) is 10.0 Å². The molecule has 1 amide bonds. The lowest BCUT2D eigenvalue weighted by Gasteiger charge is -2.35. The van der Waals surface area contributed by atoms with E-state index in [4.69, 9.17) is 23.2 Å². The quantitative estimate of drug-likeness (QED) is 0.771. The molecule has 3 rings (SSSR count).